The van der Waals surface area contributed by atoms with Crippen LogP contribution in [0.2, 0.25) is 5.02 Å². The second-order valence-corrected chi connectivity index (χ2v) is 6.12. The highest BCUT2D eigenvalue weighted by Crippen LogP contribution is 2.25. The summed E-state index contributed by atoms with van der Waals surface area (Å²) in [5.41, 5.74) is 1.70. The van der Waals surface area contributed by atoms with Gasteiger partial charge in [0.1, 0.15) is 13.2 Å². The summed E-state index contributed by atoms with van der Waals surface area (Å²) in [6.45, 7) is 1.67. The van der Waals surface area contributed by atoms with Crippen molar-refractivity contribution in [3.05, 3.63) is 46.4 Å². The lowest BCUT2D eigenvalue weighted by Gasteiger charge is -2.01. The molecule has 3 aromatic rings. The molecule has 0 radical (unpaired) electrons. The van der Waals surface area contributed by atoms with E-state index in [0.29, 0.717) is 21.9 Å². The van der Waals surface area contributed by atoms with E-state index in [1.807, 2.05) is 17.5 Å². The third-order valence-electron chi connectivity index (χ3n) is 2.92. The molecule has 2 heterocycles. The topological polar surface area (TPSA) is 90.1 Å². The van der Waals surface area contributed by atoms with Crippen LogP contribution in [0.5, 0.6) is 0 Å². The summed E-state index contributed by atoms with van der Waals surface area (Å²) < 4.78 is 10.1. The molecule has 24 heavy (non-hydrogen) atoms. The molecule has 1 N–H and O–H groups in total. The number of nitrogens with one attached hydrogen (secondary N) is 1. The number of carbonyl (C=O) groups excluding carboxylic acids is 1. The highest BCUT2D eigenvalue weighted by Gasteiger charge is 2.09. The predicted molar refractivity (Wildman–Crippen MR) is 89.9 cm³/mol. The molecule has 0 aliphatic heterocycles. The van der Waals surface area contributed by atoms with E-state index in [0.717, 1.165) is 11.3 Å². The Morgan fingerprint density at radius 1 is 1.33 bits per heavy atom. The van der Waals surface area contributed by atoms with Crippen molar-refractivity contribution in [1.29, 1.82) is 0 Å². The third-order valence-corrected chi connectivity index (χ3v) is 3.93. The van der Waals surface area contributed by atoms with Crippen molar-refractivity contribution < 1.29 is 14.1 Å². The summed E-state index contributed by atoms with van der Waals surface area (Å²) in [6.07, 6.45) is 0. The summed E-state index contributed by atoms with van der Waals surface area (Å²) in [4.78, 5) is 20.2. The minimum atomic E-state index is -0.303. The van der Waals surface area contributed by atoms with Gasteiger partial charge in [-0.05, 0) is 19.1 Å². The van der Waals surface area contributed by atoms with Gasteiger partial charge in [0.15, 0.2) is 11.0 Å². The highest BCUT2D eigenvalue weighted by atomic mass is 35.5. The molecule has 124 valence electrons. The molecule has 0 aliphatic carbocycles. The molecule has 0 spiro atoms. The van der Waals surface area contributed by atoms with Crippen molar-refractivity contribution in [3.63, 3.8) is 0 Å². The van der Waals surface area contributed by atoms with Gasteiger partial charge in [-0.3, -0.25) is 10.1 Å². The predicted octanol–water partition coefficient (Wildman–Crippen LogP) is 3.31. The van der Waals surface area contributed by atoms with Crippen LogP contribution in [0.25, 0.3) is 11.3 Å². The molecule has 0 saturated heterocycles. The monoisotopic (exact) mass is 364 g/mol. The Labute approximate surface area is 146 Å². The number of halogens is 1. The van der Waals surface area contributed by atoms with E-state index in [4.69, 9.17) is 20.9 Å². The maximum atomic E-state index is 11.8. The van der Waals surface area contributed by atoms with Crippen LogP contribution in [-0.2, 0) is 16.1 Å². The fourth-order valence-corrected chi connectivity index (χ4v) is 2.73. The molecule has 9 heteroatoms. The highest BCUT2D eigenvalue weighted by molar-refractivity contribution is 7.14. The van der Waals surface area contributed by atoms with Crippen LogP contribution in [-0.4, -0.2) is 27.6 Å². The SMILES string of the molecule is Cc1noc(COCC(=O)Nc2nc(-c3ccc(Cl)cc3)cs2)n1. The number of aryl methyl sites for hydroxylation is 1. The smallest absolute Gasteiger partial charge is 0.252 e. The van der Waals surface area contributed by atoms with E-state index in [-0.39, 0.29) is 19.1 Å². The Hall–Kier alpha value is -2.29. The molecule has 2 aromatic heterocycles. The number of hydrogen-bond donors (Lipinski definition) is 1. The van der Waals surface area contributed by atoms with Crippen molar-refractivity contribution >= 4 is 34.0 Å². The standard InChI is InChI=1S/C15H13ClN4O3S/c1-9-17-14(23-20-9)7-22-6-13(21)19-15-18-12(8-24-15)10-2-4-11(16)5-3-10/h2-5,8H,6-7H2,1H3,(H,18,19,21). The fourth-order valence-electron chi connectivity index (χ4n) is 1.87. The molecule has 7 nitrogen and oxygen atoms in total. The number of nitrogens with zero attached hydrogens (tertiary/aromatic N) is 3. The Balaban J connectivity index is 1.50. The molecular formula is C15H13ClN4O3S. The summed E-state index contributed by atoms with van der Waals surface area (Å²) in [7, 11) is 0. The number of rotatable bonds is 6. The van der Waals surface area contributed by atoms with Gasteiger partial charge in [-0.25, -0.2) is 4.98 Å². The average molecular weight is 365 g/mol. The minimum Gasteiger partial charge on any atom is -0.362 e. The Morgan fingerprint density at radius 2 is 2.12 bits per heavy atom. The van der Waals surface area contributed by atoms with E-state index in [1.165, 1.54) is 11.3 Å². The van der Waals surface area contributed by atoms with Crippen LogP contribution < -0.4 is 5.32 Å². The van der Waals surface area contributed by atoms with Crippen LogP contribution in [0, 0.1) is 6.92 Å². The molecular weight excluding hydrogens is 352 g/mol. The molecule has 0 unspecified atom stereocenters. The van der Waals surface area contributed by atoms with Crippen molar-refractivity contribution in [1.82, 2.24) is 15.1 Å². The number of anilines is 1. The van der Waals surface area contributed by atoms with Gasteiger partial charge >= 0.3 is 0 Å². The van der Waals surface area contributed by atoms with Gasteiger partial charge in [-0.15, -0.1) is 11.3 Å². The van der Waals surface area contributed by atoms with Gasteiger partial charge in [-0.2, -0.15) is 4.98 Å². The van der Waals surface area contributed by atoms with Crippen LogP contribution >= 0.6 is 22.9 Å². The maximum Gasteiger partial charge on any atom is 0.252 e. The summed E-state index contributed by atoms with van der Waals surface area (Å²) in [5.74, 6) is 0.554. The molecule has 0 bridgehead atoms. The summed E-state index contributed by atoms with van der Waals surface area (Å²) >= 11 is 7.20. The van der Waals surface area contributed by atoms with Gasteiger partial charge < -0.3 is 9.26 Å². The third kappa shape index (κ3) is 4.38. The van der Waals surface area contributed by atoms with Gasteiger partial charge in [0.2, 0.25) is 0 Å². The van der Waals surface area contributed by atoms with Crippen molar-refractivity contribution in [3.8, 4) is 11.3 Å². The first-order valence-electron chi connectivity index (χ1n) is 6.98. The molecule has 0 aliphatic rings. The second-order valence-electron chi connectivity index (χ2n) is 4.82. The number of carbonyl (C=O) groups is 1. The number of thiazole rings is 1. The Kier molecular flexibility index (Phi) is 5.19. The van der Waals surface area contributed by atoms with Crippen LogP contribution in [0.1, 0.15) is 11.7 Å². The number of amides is 1. The first kappa shape index (κ1) is 16.6. The first-order valence-corrected chi connectivity index (χ1v) is 8.24. The van der Waals surface area contributed by atoms with Crippen molar-refractivity contribution in [2.45, 2.75) is 13.5 Å². The molecule has 0 saturated carbocycles. The molecule has 1 amide bonds. The van der Waals surface area contributed by atoms with E-state index in [9.17, 15) is 4.79 Å². The first-order chi connectivity index (χ1) is 11.6. The quantitative estimate of drug-likeness (QED) is 0.721. The molecule has 1 aromatic carbocycles. The van der Waals surface area contributed by atoms with Crippen LogP contribution in [0.3, 0.4) is 0 Å². The van der Waals surface area contributed by atoms with E-state index < -0.39 is 0 Å². The zero-order valence-corrected chi connectivity index (χ0v) is 14.2. The second kappa shape index (κ2) is 7.52. The lowest BCUT2D eigenvalue weighted by Crippen LogP contribution is -2.18. The van der Waals surface area contributed by atoms with Gasteiger partial charge in [0.25, 0.3) is 11.8 Å². The lowest BCUT2D eigenvalue weighted by atomic mass is 10.2. The Morgan fingerprint density at radius 3 is 2.83 bits per heavy atom. The Bertz CT molecular complexity index is 831. The minimum absolute atomic E-state index is 0.0855. The van der Waals surface area contributed by atoms with Crippen LogP contribution in [0.15, 0.2) is 34.2 Å². The summed E-state index contributed by atoms with van der Waals surface area (Å²) in [5, 5.41) is 9.35. The fraction of sp³-hybridized carbons (Fsp3) is 0.200. The van der Waals surface area contributed by atoms with Gasteiger partial charge in [0, 0.05) is 16.0 Å². The van der Waals surface area contributed by atoms with Crippen LogP contribution in [0.4, 0.5) is 5.13 Å². The normalized spacial score (nSPS) is 10.8. The zero-order valence-electron chi connectivity index (χ0n) is 12.7. The summed E-state index contributed by atoms with van der Waals surface area (Å²) in [6, 6.07) is 7.33. The van der Waals surface area contributed by atoms with E-state index in [1.54, 1.807) is 19.1 Å². The largest absolute Gasteiger partial charge is 0.362 e. The number of hydrogen-bond acceptors (Lipinski definition) is 7. The molecule has 3 rings (SSSR count). The van der Waals surface area contributed by atoms with Gasteiger partial charge in [-0.1, -0.05) is 28.9 Å². The van der Waals surface area contributed by atoms with Crippen molar-refractivity contribution in [2.75, 3.05) is 11.9 Å². The van der Waals surface area contributed by atoms with E-state index >= 15 is 0 Å². The number of benzene rings is 1. The average Bonchev–Trinajstić information content (AvgIpc) is 3.17. The number of aromatic nitrogens is 3. The maximum absolute atomic E-state index is 11.8. The van der Waals surface area contributed by atoms with Gasteiger partial charge in [0.05, 0.1) is 5.69 Å². The van der Waals surface area contributed by atoms with Crippen molar-refractivity contribution in [2.24, 2.45) is 0 Å². The molecule has 0 fully saturated rings. The zero-order chi connectivity index (χ0) is 16.9. The number of ether oxygens (including phenoxy) is 1. The lowest BCUT2D eigenvalue weighted by molar-refractivity contribution is -0.121. The van der Waals surface area contributed by atoms with E-state index in [2.05, 4.69) is 20.4 Å². The molecule has 0 atom stereocenters.